The number of hydrogen-bond acceptors (Lipinski definition) is 6. The van der Waals surface area contributed by atoms with E-state index in [0.29, 0.717) is 13.1 Å². The predicted octanol–water partition coefficient (Wildman–Crippen LogP) is 2.50. The van der Waals surface area contributed by atoms with E-state index in [-0.39, 0.29) is 40.9 Å². The van der Waals surface area contributed by atoms with Crippen LogP contribution in [0.15, 0.2) is 47.4 Å². The Kier molecular flexibility index (Phi) is 6.71. The first kappa shape index (κ1) is 22.2. The number of benzene rings is 2. The fourth-order valence-corrected chi connectivity index (χ4v) is 4.73. The zero-order chi connectivity index (χ0) is 21.9. The average molecular weight is 453 g/mol. The number of nitro groups is 1. The molecular weight excluding hydrogens is 432 g/mol. The van der Waals surface area contributed by atoms with E-state index < -0.39 is 20.9 Å². The molecule has 0 aromatic heterocycles. The molecule has 1 amide bonds. The third kappa shape index (κ3) is 5.14. The molecule has 0 unspecified atom stereocenters. The van der Waals surface area contributed by atoms with Gasteiger partial charge in [-0.15, -0.1) is 0 Å². The van der Waals surface area contributed by atoms with Crippen molar-refractivity contribution in [1.82, 2.24) is 9.21 Å². The standard InChI is InChI=1S/C19H21ClN4O5S/c1-14-2-5-16(6-3-14)30(28,29)23-10-8-22(9-11-23)13-19(25)21-17-7-4-15(20)12-18(17)24(26)27/h2-7,12H,8-11,13H2,1H3,(H,21,25). The second kappa shape index (κ2) is 9.09. The smallest absolute Gasteiger partial charge is 0.294 e. The van der Waals surface area contributed by atoms with E-state index in [9.17, 15) is 23.3 Å². The van der Waals surface area contributed by atoms with Crippen LogP contribution in [0, 0.1) is 17.0 Å². The SMILES string of the molecule is Cc1ccc(S(=O)(=O)N2CCN(CC(=O)Nc3ccc(Cl)cc3[N+](=O)[O-])CC2)cc1. The Morgan fingerprint density at radius 3 is 2.37 bits per heavy atom. The maximum atomic E-state index is 12.8. The van der Waals surface area contributed by atoms with E-state index >= 15 is 0 Å². The van der Waals surface area contributed by atoms with Crippen LogP contribution in [0.2, 0.25) is 5.02 Å². The summed E-state index contributed by atoms with van der Waals surface area (Å²) in [5.41, 5.74) is 0.755. The Bertz CT molecular complexity index is 1050. The normalized spacial score (nSPS) is 15.7. The summed E-state index contributed by atoms with van der Waals surface area (Å²) in [5, 5.41) is 13.9. The summed E-state index contributed by atoms with van der Waals surface area (Å²) in [7, 11) is -3.58. The lowest BCUT2D eigenvalue weighted by Gasteiger charge is -2.33. The Morgan fingerprint density at radius 2 is 1.77 bits per heavy atom. The van der Waals surface area contributed by atoms with Crippen molar-refractivity contribution < 1.29 is 18.1 Å². The molecule has 9 nitrogen and oxygen atoms in total. The number of carbonyl (C=O) groups is 1. The van der Waals surface area contributed by atoms with Gasteiger partial charge in [-0.25, -0.2) is 8.42 Å². The summed E-state index contributed by atoms with van der Waals surface area (Å²) in [4.78, 5) is 24.9. The molecule has 11 heteroatoms. The molecule has 1 fully saturated rings. The van der Waals surface area contributed by atoms with Crippen LogP contribution in [0.3, 0.4) is 0 Å². The molecule has 1 aliphatic heterocycles. The molecule has 1 heterocycles. The second-order valence-electron chi connectivity index (χ2n) is 6.96. The van der Waals surface area contributed by atoms with Crippen LogP contribution in [-0.4, -0.2) is 61.2 Å². The predicted molar refractivity (Wildman–Crippen MR) is 113 cm³/mol. The van der Waals surface area contributed by atoms with Crippen LogP contribution in [-0.2, 0) is 14.8 Å². The maximum absolute atomic E-state index is 12.8. The molecule has 0 radical (unpaired) electrons. The van der Waals surface area contributed by atoms with Crippen molar-refractivity contribution in [1.29, 1.82) is 0 Å². The van der Waals surface area contributed by atoms with Gasteiger partial charge in [0.2, 0.25) is 15.9 Å². The van der Waals surface area contributed by atoms with Gasteiger partial charge >= 0.3 is 0 Å². The van der Waals surface area contributed by atoms with Crippen LogP contribution < -0.4 is 5.32 Å². The molecule has 1 N–H and O–H groups in total. The van der Waals surface area contributed by atoms with Gasteiger partial charge in [0, 0.05) is 37.3 Å². The highest BCUT2D eigenvalue weighted by Crippen LogP contribution is 2.27. The van der Waals surface area contributed by atoms with E-state index in [1.165, 1.54) is 22.5 Å². The lowest BCUT2D eigenvalue weighted by Crippen LogP contribution is -2.50. The highest BCUT2D eigenvalue weighted by Gasteiger charge is 2.29. The third-order valence-corrected chi connectivity index (χ3v) is 6.94. The molecule has 3 rings (SSSR count). The number of nitro benzene ring substituents is 1. The highest BCUT2D eigenvalue weighted by atomic mass is 35.5. The minimum Gasteiger partial charge on any atom is -0.319 e. The molecule has 1 saturated heterocycles. The van der Waals surface area contributed by atoms with Gasteiger partial charge in [-0.05, 0) is 31.2 Å². The number of hydrogen-bond donors (Lipinski definition) is 1. The van der Waals surface area contributed by atoms with Crippen molar-refractivity contribution in [3.05, 3.63) is 63.2 Å². The number of carbonyl (C=O) groups excluding carboxylic acids is 1. The van der Waals surface area contributed by atoms with Crippen molar-refractivity contribution in [2.75, 3.05) is 38.0 Å². The molecule has 0 saturated carbocycles. The van der Waals surface area contributed by atoms with Crippen LogP contribution in [0.25, 0.3) is 0 Å². The molecule has 0 atom stereocenters. The van der Waals surface area contributed by atoms with E-state index in [2.05, 4.69) is 5.32 Å². The van der Waals surface area contributed by atoms with Gasteiger partial charge in [-0.1, -0.05) is 29.3 Å². The van der Waals surface area contributed by atoms with Crippen LogP contribution >= 0.6 is 11.6 Å². The molecule has 0 bridgehead atoms. The molecule has 0 aliphatic carbocycles. The zero-order valence-corrected chi connectivity index (χ0v) is 17.8. The average Bonchev–Trinajstić information content (AvgIpc) is 2.70. The Balaban J connectivity index is 1.58. The van der Waals surface area contributed by atoms with Crippen LogP contribution in [0.4, 0.5) is 11.4 Å². The lowest BCUT2D eigenvalue weighted by molar-refractivity contribution is -0.383. The Hall–Kier alpha value is -2.53. The summed E-state index contributed by atoms with van der Waals surface area (Å²) in [6, 6.07) is 10.7. The molecule has 2 aromatic rings. The van der Waals surface area contributed by atoms with Gasteiger partial charge in [0.1, 0.15) is 5.69 Å². The highest BCUT2D eigenvalue weighted by molar-refractivity contribution is 7.89. The van der Waals surface area contributed by atoms with Crippen LogP contribution in [0.5, 0.6) is 0 Å². The fourth-order valence-electron chi connectivity index (χ4n) is 3.14. The Labute approximate surface area is 179 Å². The van der Waals surface area contributed by atoms with Gasteiger partial charge in [0.15, 0.2) is 0 Å². The number of rotatable bonds is 6. The summed E-state index contributed by atoms with van der Waals surface area (Å²) >= 11 is 5.78. The number of anilines is 1. The molecule has 1 aliphatic rings. The van der Waals surface area contributed by atoms with Gasteiger partial charge < -0.3 is 5.32 Å². The van der Waals surface area contributed by atoms with Crippen molar-refractivity contribution in [2.45, 2.75) is 11.8 Å². The quantitative estimate of drug-likeness (QED) is 0.532. The third-order valence-electron chi connectivity index (χ3n) is 4.79. The topological polar surface area (TPSA) is 113 Å². The summed E-state index contributed by atoms with van der Waals surface area (Å²) in [6.45, 7) is 3.15. The first-order valence-corrected chi connectivity index (χ1v) is 11.0. The minimum atomic E-state index is -3.58. The molecular formula is C19H21ClN4O5S. The van der Waals surface area contributed by atoms with Crippen molar-refractivity contribution >= 4 is 38.9 Å². The number of nitrogens with one attached hydrogen (secondary N) is 1. The van der Waals surface area contributed by atoms with Crippen molar-refractivity contribution in [3.63, 3.8) is 0 Å². The first-order valence-electron chi connectivity index (χ1n) is 9.20. The van der Waals surface area contributed by atoms with Gasteiger partial charge in [-0.3, -0.25) is 19.8 Å². The van der Waals surface area contributed by atoms with E-state index in [0.717, 1.165) is 5.56 Å². The summed E-state index contributed by atoms with van der Waals surface area (Å²) < 4.78 is 26.9. The monoisotopic (exact) mass is 452 g/mol. The summed E-state index contributed by atoms with van der Waals surface area (Å²) in [6.07, 6.45) is 0. The lowest BCUT2D eigenvalue weighted by atomic mass is 10.2. The Morgan fingerprint density at radius 1 is 1.13 bits per heavy atom. The second-order valence-corrected chi connectivity index (χ2v) is 9.33. The van der Waals surface area contributed by atoms with Crippen molar-refractivity contribution in [2.24, 2.45) is 0 Å². The van der Waals surface area contributed by atoms with E-state index in [1.54, 1.807) is 29.2 Å². The minimum absolute atomic E-state index is 0.00179. The molecule has 2 aromatic carbocycles. The molecule has 30 heavy (non-hydrogen) atoms. The van der Waals surface area contributed by atoms with Gasteiger partial charge in [0.25, 0.3) is 5.69 Å². The number of piperazine rings is 1. The zero-order valence-electron chi connectivity index (χ0n) is 16.2. The first-order chi connectivity index (χ1) is 14.2. The van der Waals surface area contributed by atoms with Crippen molar-refractivity contribution in [3.8, 4) is 0 Å². The number of halogens is 1. The van der Waals surface area contributed by atoms with Gasteiger partial charge in [-0.2, -0.15) is 4.31 Å². The molecule has 160 valence electrons. The number of amides is 1. The number of nitrogens with zero attached hydrogens (tertiary/aromatic N) is 3. The molecule has 0 spiro atoms. The van der Waals surface area contributed by atoms with Gasteiger partial charge in [0.05, 0.1) is 16.4 Å². The largest absolute Gasteiger partial charge is 0.319 e. The summed E-state index contributed by atoms with van der Waals surface area (Å²) in [5.74, 6) is -0.421. The number of aryl methyl sites for hydroxylation is 1. The maximum Gasteiger partial charge on any atom is 0.294 e. The van der Waals surface area contributed by atoms with E-state index in [1.807, 2.05) is 6.92 Å². The van der Waals surface area contributed by atoms with Crippen LogP contribution in [0.1, 0.15) is 5.56 Å². The van der Waals surface area contributed by atoms with E-state index in [4.69, 9.17) is 11.6 Å². The fraction of sp³-hybridized carbons (Fsp3) is 0.316. The number of sulfonamides is 1.